The van der Waals surface area contributed by atoms with E-state index in [1.54, 1.807) is 0 Å². The van der Waals surface area contributed by atoms with Gasteiger partial charge in [-0.15, -0.1) is 0 Å². The van der Waals surface area contributed by atoms with Crippen molar-refractivity contribution in [2.24, 2.45) is 5.92 Å². The Balaban J connectivity index is 1.72. The lowest BCUT2D eigenvalue weighted by Gasteiger charge is -2.38. The van der Waals surface area contributed by atoms with Gasteiger partial charge in [0.2, 0.25) is 5.91 Å². The lowest BCUT2D eigenvalue weighted by Crippen LogP contribution is -2.51. The van der Waals surface area contributed by atoms with E-state index in [2.05, 4.69) is 24.5 Å². The summed E-state index contributed by atoms with van der Waals surface area (Å²) >= 11 is 0. The number of benzene rings is 1. The number of halogens is 1. The van der Waals surface area contributed by atoms with Gasteiger partial charge >= 0.3 is 0 Å². The highest BCUT2D eigenvalue weighted by Gasteiger charge is 2.32. The van der Waals surface area contributed by atoms with Gasteiger partial charge in [-0.25, -0.2) is 4.39 Å². The molecule has 4 heteroatoms. The van der Waals surface area contributed by atoms with Crippen LogP contribution in [0.15, 0.2) is 24.3 Å². The summed E-state index contributed by atoms with van der Waals surface area (Å²) in [4.78, 5) is 11.9. The molecule has 1 atom stereocenters. The number of hydrogen-bond donors (Lipinski definition) is 2. The molecule has 2 rings (SSSR count). The van der Waals surface area contributed by atoms with Crippen molar-refractivity contribution in [1.29, 1.82) is 0 Å². The number of nitrogens with one attached hydrogen (secondary N) is 2. The minimum absolute atomic E-state index is 0.0638. The molecule has 1 amide bonds. The van der Waals surface area contributed by atoms with Crippen molar-refractivity contribution in [2.45, 2.75) is 51.6 Å². The first-order valence-electron chi connectivity index (χ1n) is 7.75. The SMILES string of the molecule is CC(C)CNC(=O)C(C)NC1CC(c2ccc(F)cc2)C1. The van der Waals surface area contributed by atoms with E-state index in [1.165, 1.54) is 17.7 Å². The maximum absolute atomic E-state index is 12.9. The molecule has 21 heavy (non-hydrogen) atoms. The van der Waals surface area contributed by atoms with Crippen LogP contribution >= 0.6 is 0 Å². The molecule has 1 aliphatic rings. The topological polar surface area (TPSA) is 41.1 Å². The monoisotopic (exact) mass is 292 g/mol. The lowest BCUT2D eigenvalue weighted by molar-refractivity contribution is -0.123. The Morgan fingerprint density at radius 2 is 1.86 bits per heavy atom. The van der Waals surface area contributed by atoms with Crippen LogP contribution in [0, 0.1) is 11.7 Å². The van der Waals surface area contributed by atoms with Crippen LogP contribution in [0.4, 0.5) is 4.39 Å². The van der Waals surface area contributed by atoms with E-state index in [0.717, 1.165) is 12.8 Å². The first kappa shape index (κ1) is 16.0. The average Bonchev–Trinajstić information content (AvgIpc) is 2.40. The normalized spacial score (nSPS) is 22.7. The highest BCUT2D eigenvalue weighted by Crippen LogP contribution is 2.37. The van der Waals surface area contributed by atoms with Crippen molar-refractivity contribution in [1.82, 2.24) is 10.6 Å². The van der Waals surface area contributed by atoms with Gasteiger partial charge in [0.1, 0.15) is 5.82 Å². The summed E-state index contributed by atoms with van der Waals surface area (Å²) < 4.78 is 12.9. The molecule has 0 bridgehead atoms. The third-order valence-electron chi connectivity index (χ3n) is 4.04. The van der Waals surface area contributed by atoms with Crippen LogP contribution in [0.2, 0.25) is 0 Å². The summed E-state index contributed by atoms with van der Waals surface area (Å²) in [5.74, 6) is 0.818. The molecule has 116 valence electrons. The predicted molar refractivity (Wildman–Crippen MR) is 82.6 cm³/mol. The predicted octanol–water partition coefficient (Wildman–Crippen LogP) is 2.82. The Hall–Kier alpha value is -1.42. The second-order valence-corrected chi connectivity index (χ2v) is 6.44. The molecule has 0 saturated heterocycles. The molecule has 1 fully saturated rings. The third kappa shape index (κ3) is 4.53. The van der Waals surface area contributed by atoms with E-state index < -0.39 is 0 Å². The van der Waals surface area contributed by atoms with Crippen molar-refractivity contribution in [2.75, 3.05) is 6.54 Å². The molecule has 0 heterocycles. The van der Waals surface area contributed by atoms with E-state index in [9.17, 15) is 9.18 Å². The van der Waals surface area contributed by atoms with Gasteiger partial charge in [0, 0.05) is 12.6 Å². The summed E-state index contributed by atoms with van der Waals surface area (Å²) in [5, 5.41) is 6.31. The van der Waals surface area contributed by atoms with Crippen LogP contribution in [0.1, 0.15) is 45.1 Å². The zero-order valence-electron chi connectivity index (χ0n) is 13.0. The van der Waals surface area contributed by atoms with E-state index >= 15 is 0 Å². The van der Waals surface area contributed by atoms with E-state index in [-0.39, 0.29) is 17.8 Å². The van der Waals surface area contributed by atoms with Gasteiger partial charge in [0.25, 0.3) is 0 Å². The van der Waals surface area contributed by atoms with E-state index in [0.29, 0.717) is 24.4 Å². The van der Waals surface area contributed by atoms with Gasteiger partial charge in [-0.2, -0.15) is 0 Å². The van der Waals surface area contributed by atoms with Crippen LogP contribution in [-0.2, 0) is 4.79 Å². The fourth-order valence-electron chi connectivity index (χ4n) is 2.65. The van der Waals surface area contributed by atoms with Crippen molar-refractivity contribution in [3.63, 3.8) is 0 Å². The highest BCUT2D eigenvalue weighted by molar-refractivity contribution is 5.81. The fraction of sp³-hybridized carbons (Fsp3) is 0.588. The minimum atomic E-state index is -0.191. The van der Waals surface area contributed by atoms with Gasteiger partial charge < -0.3 is 10.6 Å². The van der Waals surface area contributed by atoms with Crippen molar-refractivity contribution < 1.29 is 9.18 Å². The first-order valence-corrected chi connectivity index (χ1v) is 7.75. The van der Waals surface area contributed by atoms with Crippen molar-refractivity contribution in [3.05, 3.63) is 35.6 Å². The quantitative estimate of drug-likeness (QED) is 0.846. The molecule has 3 nitrogen and oxygen atoms in total. The lowest BCUT2D eigenvalue weighted by atomic mass is 9.75. The summed E-state index contributed by atoms with van der Waals surface area (Å²) in [6.07, 6.45) is 2.01. The van der Waals surface area contributed by atoms with Crippen molar-refractivity contribution in [3.8, 4) is 0 Å². The van der Waals surface area contributed by atoms with E-state index in [1.807, 2.05) is 19.1 Å². The third-order valence-corrected chi connectivity index (χ3v) is 4.04. The molecular formula is C17H25FN2O. The Bertz CT molecular complexity index is 466. The smallest absolute Gasteiger partial charge is 0.236 e. The second-order valence-electron chi connectivity index (χ2n) is 6.44. The van der Waals surface area contributed by atoms with Gasteiger partial charge in [0.05, 0.1) is 6.04 Å². The molecule has 1 aromatic rings. The summed E-state index contributed by atoms with van der Waals surface area (Å²) in [5.41, 5.74) is 1.19. The maximum Gasteiger partial charge on any atom is 0.236 e. The van der Waals surface area contributed by atoms with Crippen LogP contribution in [0.5, 0.6) is 0 Å². The van der Waals surface area contributed by atoms with Gasteiger partial charge in [-0.05, 0) is 49.3 Å². The van der Waals surface area contributed by atoms with Crippen LogP contribution in [0.25, 0.3) is 0 Å². The Morgan fingerprint density at radius 3 is 2.43 bits per heavy atom. The first-order chi connectivity index (χ1) is 9.95. The van der Waals surface area contributed by atoms with Gasteiger partial charge in [-0.3, -0.25) is 4.79 Å². The van der Waals surface area contributed by atoms with Crippen LogP contribution < -0.4 is 10.6 Å². The molecule has 1 saturated carbocycles. The molecule has 0 radical (unpaired) electrons. The molecule has 1 aromatic carbocycles. The zero-order chi connectivity index (χ0) is 15.4. The van der Waals surface area contributed by atoms with Gasteiger partial charge in [-0.1, -0.05) is 26.0 Å². The fourth-order valence-corrected chi connectivity index (χ4v) is 2.65. The number of amides is 1. The number of hydrogen-bond acceptors (Lipinski definition) is 2. The van der Waals surface area contributed by atoms with E-state index in [4.69, 9.17) is 0 Å². The zero-order valence-corrected chi connectivity index (χ0v) is 13.0. The number of carbonyl (C=O) groups excluding carboxylic acids is 1. The molecule has 0 aliphatic heterocycles. The molecular weight excluding hydrogens is 267 g/mol. The number of carbonyl (C=O) groups is 1. The maximum atomic E-state index is 12.9. The molecule has 0 spiro atoms. The summed E-state index contributed by atoms with van der Waals surface area (Å²) in [6.45, 7) is 6.78. The minimum Gasteiger partial charge on any atom is -0.354 e. The Kier molecular flexibility index (Phi) is 5.34. The highest BCUT2D eigenvalue weighted by atomic mass is 19.1. The summed E-state index contributed by atoms with van der Waals surface area (Å²) in [6, 6.07) is 6.95. The molecule has 0 aromatic heterocycles. The molecule has 1 aliphatic carbocycles. The van der Waals surface area contributed by atoms with Crippen LogP contribution in [-0.4, -0.2) is 24.5 Å². The second kappa shape index (κ2) is 7.03. The largest absolute Gasteiger partial charge is 0.354 e. The molecule has 1 unspecified atom stereocenters. The standard InChI is InChI=1S/C17H25FN2O/c1-11(2)10-19-17(21)12(3)20-16-8-14(9-16)13-4-6-15(18)7-5-13/h4-7,11-12,14,16,20H,8-10H2,1-3H3,(H,19,21). The average molecular weight is 292 g/mol. The Labute approximate surface area is 126 Å². The molecule has 2 N–H and O–H groups in total. The summed E-state index contributed by atoms with van der Waals surface area (Å²) in [7, 11) is 0. The number of rotatable bonds is 6. The van der Waals surface area contributed by atoms with Crippen LogP contribution in [0.3, 0.4) is 0 Å². The Morgan fingerprint density at radius 1 is 1.24 bits per heavy atom. The van der Waals surface area contributed by atoms with Crippen molar-refractivity contribution >= 4 is 5.91 Å². The van der Waals surface area contributed by atoms with Gasteiger partial charge in [0.15, 0.2) is 0 Å².